The second kappa shape index (κ2) is 8.49. The normalized spacial score (nSPS) is 9.84. The van der Waals surface area contributed by atoms with Gasteiger partial charge in [0, 0.05) is 30.4 Å². The van der Waals surface area contributed by atoms with Gasteiger partial charge in [-0.25, -0.2) is 0 Å². The van der Waals surface area contributed by atoms with Crippen molar-refractivity contribution in [2.24, 2.45) is 0 Å². The Kier molecular flexibility index (Phi) is 6.11. The average Bonchev–Trinajstić information content (AvgIpc) is 2.59. The van der Waals surface area contributed by atoms with Crippen LogP contribution in [0.25, 0.3) is 0 Å². The van der Waals surface area contributed by atoms with Crippen molar-refractivity contribution in [3.63, 3.8) is 0 Å². The Morgan fingerprint density at radius 2 is 1.60 bits per heavy atom. The van der Waals surface area contributed by atoms with E-state index in [0.717, 1.165) is 5.56 Å². The molecule has 7 heteroatoms. The van der Waals surface area contributed by atoms with Gasteiger partial charge in [0.15, 0.2) is 0 Å². The first-order chi connectivity index (χ1) is 12.0. The summed E-state index contributed by atoms with van der Waals surface area (Å²) in [5.74, 6) is -1.16. The van der Waals surface area contributed by atoms with Crippen molar-refractivity contribution in [1.82, 2.24) is 5.32 Å². The molecule has 0 fully saturated rings. The summed E-state index contributed by atoms with van der Waals surface area (Å²) in [7, 11) is 1.54. The number of carbonyl (C=O) groups is 3. The Bertz CT molecular complexity index is 789. The largest absolute Gasteiger partial charge is 0.496 e. The third-order valence-electron chi connectivity index (χ3n) is 3.28. The van der Waals surface area contributed by atoms with Crippen LogP contribution in [-0.2, 0) is 20.9 Å². The van der Waals surface area contributed by atoms with Crippen LogP contribution in [0.15, 0.2) is 48.5 Å². The highest BCUT2D eigenvalue weighted by Crippen LogP contribution is 2.17. The van der Waals surface area contributed by atoms with Gasteiger partial charge in [0.1, 0.15) is 5.75 Å². The lowest BCUT2D eigenvalue weighted by Gasteiger charge is -2.10. The van der Waals surface area contributed by atoms with Crippen LogP contribution in [-0.4, -0.2) is 24.8 Å². The van der Waals surface area contributed by atoms with Crippen molar-refractivity contribution in [3.05, 3.63) is 54.1 Å². The number of hydrogen-bond acceptors (Lipinski definition) is 4. The monoisotopic (exact) mass is 341 g/mol. The van der Waals surface area contributed by atoms with Gasteiger partial charge < -0.3 is 20.7 Å². The van der Waals surface area contributed by atoms with Gasteiger partial charge in [-0.3, -0.25) is 14.4 Å². The Morgan fingerprint density at radius 1 is 0.920 bits per heavy atom. The molecule has 0 aromatic heterocycles. The minimum Gasteiger partial charge on any atom is -0.496 e. The Hall–Kier alpha value is -3.35. The first-order valence-electron chi connectivity index (χ1n) is 7.58. The van der Waals surface area contributed by atoms with E-state index in [1.54, 1.807) is 36.4 Å². The highest BCUT2D eigenvalue weighted by molar-refractivity contribution is 6.39. The van der Waals surface area contributed by atoms with E-state index < -0.39 is 11.8 Å². The number of benzene rings is 2. The third-order valence-corrected chi connectivity index (χ3v) is 3.28. The van der Waals surface area contributed by atoms with E-state index in [1.807, 2.05) is 12.1 Å². The van der Waals surface area contributed by atoms with E-state index in [0.29, 0.717) is 17.1 Å². The molecule has 7 nitrogen and oxygen atoms in total. The van der Waals surface area contributed by atoms with Gasteiger partial charge in [0.05, 0.1) is 7.11 Å². The highest BCUT2D eigenvalue weighted by atomic mass is 16.5. The van der Waals surface area contributed by atoms with Gasteiger partial charge in [-0.05, 0) is 24.3 Å². The summed E-state index contributed by atoms with van der Waals surface area (Å²) in [6.07, 6.45) is 0. The van der Waals surface area contributed by atoms with Gasteiger partial charge >= 0.3 is 11.8 Å². The third kappa shape index (κ3) is 5.35. The molecular weight excluding hydrogens is 322 g/mol. The topological polar surface area (TPSA) is 96.5 Å². The molecule has 0 aliphatic rings. The van der Waals surface area contributed by atoms with E-state index in [4.69, 9.17) is 4.74 Å². The van der Waals surface area contributed by atoms with Crippen LogP contribution in [0.2, 0.25) is 0 Å². The smallest absolute Gasteiger partial charge is 0.313 e. The predicted octanol–water partition coefficient (Wildman–Crippen LogP) is 1.91. The maximum atomic E-state index is 12.0. The molecular formula is C18H19N3O4. The fraction of sp³-hybridized carbons (Fsp3) is 0.167. The molecule has 3 amide bonds. The maximum Gasteiger partial charge on any atom is 0.313 e. The quantitative estimate of drug-likeness (QED) is 0.724. The molecule has 0 aliphatic heterocycles. The van der Waals surface area contributed by atoms with Crippen molar-refractivity contribution >= 4 is 29.1 Å². The molecule has 130 valence electrons. The first kappa shape index (κ1) is 18.0. The summed E-state index contributed by atoms with van der Waals surface area (Å²) in [4.78, 5) is 35.0. The standard InChI is InChI=1S/C18H19N3O4/c1-12(22)20-14-7-5-8-15(10-14)21-18(24)17(23)19-11-13-6-3-4-9-16(13)25-2/h3-10H,11H2,1-2H3,(H,19,23)(H,20,22)(H,21,24). The number of amides is 3. The lowest BCUT2D eigenvalue weighted by atomic mass is 10.2. The fourth-order valence-electron chi connectivity index (χ4n) is 2.17. The lowest BCUT2D eigenvalue weighted by molar-refractivity contribution is -0.136. The number of nitrogens with one attached hydrogen (secondary N) is 3. The molecule has 0 unspecified atom stereocenters. The number of anilines is 2. The van der Waals surface area contributed by atoms with Crippen LogP contribution >= 0.6 is 0 Å². The van der Waals surface area contributed by atoms with Gasteiger partial charge in [-0.2, -0.15) is 0 Å². The summed E-state index contributed by atoms with van der Waals surface area (Å²) < 4.78 is 5.19. The van der Waals surface area contributed by atoms with Crippen LogP contribution in [0.3, 0.4) is 0 Å². The number of methoxy groups -OCH3 is 1. The first-order valence-corrected chi connectivity index (χ1v) is 7.58. The van der Waals surface area contributed by atoms with Crippen LogP contribution in [0.1, 0.15) is 12.5 Å². The molecule has 3 N–H and O–H groups in total. The van der Waals surface area contributed by atoms with Crippen LogP contribution in [0, 0.1) is 0 Å². The molecule has 0 radical (unpaired) electrons. The van der Waals surface area contributed by atoms with E-state index in [9.17, 15) is 14.4 Å². The lowest BCUT2D eigenvalue weighted by Crippen LogP contribution is -2.35. The molecule has 0 spiro atoms. The predicted molar refractivity (Wildman–Crippen MR) is 94.2 cm³/mol. The summed E-state index contributed by atoms with van der Waals surface area (Å²) in [5.41, 5.74) is 1.70. The zero-order chi connectivity index (χ0) is 18.2. The van der Waals surface area contributed by atoms with Crippen molar-refractivity contribution in [2.45, 2.75) is 13.5 Å². The summed E-state index contributed by atoms with van der Waals surface area (Å²) in [6, 6.07) is 13.7. The van der Waals surface area contributed by atoms with Crippen LogP contribution in [0.4, 0.5) is 11.4 Å². The van der Waals surface area contributed by atoms with E-state index in [-0.39, 0.29) is 12.5 Å². The van der Waals surface area contributed by atoms with E-state index >= 15 is 0 Å². The zero-order valence-corrected chi connectivity index (χ0v) is 14.0. The van der Waals surface area contributed by atoms with Gasteiger partial charge in [0.25, 0.3) is 0 Å². The summed E-state index contributed by atoms with van der Waals surface area (Å²) in [6.45, 7) is 1.55. The molecule has 2 aromatic carbocycles. The van der Waals surface area contributed by atoms with E-state index in [1.165, 1.54) is 14.0 Å². The van der Waals surface area contributed by atoms with Crippen molar-refractivity contribution in [2.75, 3.05) is 17.7 Å². The zero-order valence-electron chi connectivity index (χ0n) is 14.0. The van der Waals surface area contributed by atoms with Crippen molar-refractivity contribution < 1.29 is 19.1 Å². The minimum absolute atomic E-state index is 0.169. The average molecular weight is 341 g/mol. The van der Waals surface area contributed by atoms with Crippen LogP contribution in [0.5, 0.6) is 5.75 Å². The Morgan fingerprint density at radius 3 is 2.28 bits per heavy atom. The van der Waals surface area contributed by atoms with Gasteiger partial charge in [-0.1, -0.05) is 24.3 Å². The van der Waals surface area contributed by atoms with Crippen molar-refractivity contribution in [3.8, 4) is 5.75 Å². The van der Waals surface area contributed by atoms with Crippen LogP contribution < -0.4 is 20.7 Å². The molecule has 0 bridgehead atoms. The SMILES string of the molecule is COc1ccccc1CNC(=O)C(=O)Nc1cccc(NC(C)=O)c1. The van der Waals surface area contributed by atoms with Crippen molar-refractivity contribution in [1.29, 1.82) is 0 Å². The number of carbonyl (C=O) groups excluding carboxylic acids is 3. The second-order valence-electron chi connectivity index (χ2n) is 5.21. The second-order valence-corrected chi connectivity index (χ2v) is 5.21. The molecule has 2 rings (SSSR count). The van der Waals surface area contributed by atoms with Gasteiger partial charge in [0.2, 0.25) is 5.91 Å². The number of ether oxygens (including phenoxy) is 1. The summed E-state index contributed by atoms with van der Waals surface area (Å²) >= 11 is 0. The number of para-hydroxylation sites is 1. The molecule has 0 saturated carbocycles. The Balaban J connectivity index is 1.94. The Labute approximate surface area is 145 Å². The summed E-state index contributed by atoms with van der Waals surface area (Å²) in [5, 5.41) is 7.63. The maximum absolute atomic E-state index is 12.0. The highest BCUT2D eigenvalue weighted by Gasteiger charge is 2.14. The minimum atomic E-state index is -0.796. The molecule has 0 heterocycles. The number of rotatable bonds is 5. The van der Waals surface area contributed by atoms with Gasteiger partial charge in [-0.15, -0.1) is 0 Å². The molecule has 2 aromatic rings. The van der Waals surface area contributed by atoms with E-state index in [2.05, 4.69) is 16.0 Å². The molecule has 0 saturated heterocycles. The number of hydrogen-bond donors (Lipinski definition) is 3. The fourth-order valence-corrected chi connectivity index (χ4v) is 2.17. The molecule has 0 aliphatic carbocycles. The molecule has 25 heavy (non-hydrogen) atoms. The molecule has 0 atom stereocenters.